The molecule has 3 heterocycles. The van der Waals surface area contributed by atoms with Crippen LogP contribution in [0.15, 0.2) is 42.9 Å². The lowest BCUT2D eigenvalue weighted by atomic mass is 10.2. The number of hydrogen-bond acceptors (Lipinski definition) is 10. The highest BCUT2D eigenvalue weighted by atomic mass is 32.1. The number of carbonyl (C=O) groups is 2. The second kappa shape index (κ2) is 8.47. The number of nitrogens with zero attached hydrogens (tertiary/aromatic N) is 7. The fourth-order valence-corrected chi connectivity index (χ4v) is 3.82. The van der Waals surface area contributed by atoms with Gasteiger partial charge in [0.1, 0.15) is 11.8 Å². The number of benzene rings is 1. The van der Waals surface area contributed by atoms with Crippen molar-refractivity contribution < 1.29 is 24.4 Å². The van der Waals surface area contributed by atoms with Gasteiger partial charge in [0, 0.05) is 23.2 Å². The Morgan fingerprint density at radius 3 is 2.62 bits per heavy atom. The quantitative estimate of drug-likeness (QED) is 0.323. The minimum Gasteiger partial charge on any atom is -0.463 e. The van der Waals surface area contributed by atoms with E-state index in [9.17, 15) is 24.8 Å². The van der Waals surface area contributed by atoms with Crippen LogP contribution in [-0.4, -0.2) is 52.8 Å². The number of carbonyl (C=O) groups excluding carboxylic acids is 1. The molecule has 14 heteroatoms. The van der Waals surface area contributed by atoms with Crippen LogP contribution in [0.2, 0.25) is 0 Å². The van der Waals surface area contributed by atoms with Gasteiger partial charge in [-0.3, -0.25) is 15.1 Å². The Morgan fingerprint density at radius 1 is 1.18 bits per heavy atom. The molecule has 0 unspecified atom stereocenters. The van der Waals surface area contributed by atoms with Gasteiger partial charge in [-0.25, -0.2) is 14.5 Å². The van der Waals surface area contributed by atoms with E-state index in [1.807, 2.05) is 0 Å². The number of amides is 1. The van der Waals surface area contributed by atoms with Gasteiger partial charge in [-0.1, -0.05) is 11.3 Å². The molecular formula is C20H17N7O6S. The molecule has 4 rings (SSSR count). The third-order valence-electron chi connectivity index (χ3n) is 4.35. The molecule has 4 aromatic rings. The van der Waals surface area contributed by atoms with Gasteiger partial charge in [-0.15, -0.1) is 10.2 Å². The van der Waals surface area contributed by atoms with Gasteiger partial charge < -0.3 is 9.84 Å². The maximum Gasteiger partial charge on any atom is 0.432 e. The molecule has 0 bridgehead atoms. The maximum atomic E-state index is 13.1. The van der Waals surface area contributed by atoms with E-state index >= 15 is 0 Å². The first-order chi connectivity index (χ1) is 16.0. The van der Waals surface area contributed by atoms with E-state index in [-0.39, 0.29) is 10.8 Å². The summed E-state index contributed by atoms with van der Waals surface area (Å²) in [6, 6.07) is 5.92. The Balaban J connectivity index is 1.78. The van der Waals surface area contributed by atoms with Crippen LogP contribution < -0.4 is 4.90 Å². The Hall–Kier alpha value is -4.46. The van der Waals surface area contributed by atoms with Crippen LogP contribution in [0.1, 0.15) is 20.8 Å². The number of pyridine rings is 1. The molecule has 34 heavy (non-hydrogen) atoms. The number of nitro groups is 1. The van der Waals surface area contributed by atoms with Gasteiger partial charge >= 0.3 is 12.2 Å². The lowest BCUT2D eigenvalue weighted by Crippen LogP contribution is -2.33. The minimum absolute atomic E-state index is 0.140. The maximum absolute atomic E-state index is 13.1. The lowest BCUT2D eigenvalue weighted by Gasteiger charge is -2.25. The highest BCUT2D eigenvalue weighted by Crippen LogP contribution is 2.35. The number of ether oxygens (including phenoxy) is 1. The van der Waals surface area contributed by atoms with Crippen molar-refractivity contribution in [3.05, 3.63) is 53.0 Å². The van der Waals surface area contributed by atoms with Crippen molar-refractivity contribution in [1.82, 2.24) is 25.0 Å². The molecule has 0 aliphatic rings. The van der Waals surface area contributed by atoms with Gasteiger partial charge in [0.15, 0.2) is 5.01 Å². The standard InChI is InChI=1S/C20H17N7O6S/c1-20(2,3)33-19(30)25(13-4-5-15-11(6-13)9-22-26(15)18(28)29)17-24-23-16(34-17)12-7-14(27(31)32)10-21-8-12/h4-10H,1-3H3,(H,28,29). The van der Waals surface area contributed by atoms with Gasteiger partial charge in [0.05, 0.1) is 22.3 Å². The Bertz CT molecular complexity index is 1420. The SMILES string of the molecule is CC(C)(C)OC(=O)N(c1ccc2c(cnn2C(=O)O)c1)c1nnc(-c2cncc([N+](=O)[O-])c2)s1. The van der Waals surface area contributed by atoms with Crippen LogP contribution in [0.25, 0.3) is 21.5 Å². The summed E-state index contributed by atoms with van der Waals surface area (Å²) in [6.45, 7) is 5.14. The van der Waals surface area contributed by atoms with E-state index in [1.54, 1.807) is 26.8 Å². The van der Waals surface area contributed by atoms with E-state index in [4.69, 9.17) is 4.74 Å². The van der Waals surface area contributed by atoms with Crippen LogP contribution in [0, 0.1) is 10.1 Å². The summed E-state index contributed by atoms with van der Waals surface area (Å²) < 4.78 is 6.35. The predicted molar refractivity (Wildman–Crippen MR) is 121 cm³/mol. The second-order valence-corrected chi connectivity index (χ2v) is 8.93. The lowest BCUT2D eigenvalue weighted by molar-refractivity contribution is -0.385. The number of fused-ring (bicyclic) bond motifs is 1. The van der Waals surface area contributed by atoms with Gasteiger partial charge in [0.2, 0.25) is 5.13 Å². The van der Waals surface area contributed by atoms with Crippen LogP contribution in [0.4, 0.5) is 26.1 Å². The molecule has 0 fully saturated rings. The minimum atomic E-state index is -1.24. The zero-order valence-electron chi connectivity index (χ0n) is 18.1. The molecule has 0 aliphatic heterocycles. The van der Waals surface area contributed by atoms with Crippen LogP contribution in [-0.2, 0) is 4.74 Å². The Labute approximate surface area is 195 Å². The van der Waals surface area contributed by atoms with E-state index in [0.717, 1.165) is 22.2 Å². The molecule has 0 spiro atoms. The third kappa shape index (κ3) is 4.52. The zero-order valence-corrected chi connectivity index (χ0v) is 18.9. The molecule has 0 saturated carbocycles. The van der Waals surface area contributed by atoms with E-state index in [2.05, 4.69) is 20.3 Å². The van der Waals surface area contributed by atoms with Crippen molar-refractivity contribution in [1.29, 1.82) is 0 Å². The predicted octanol–water partition coefficient (Wildman–Crippen LogP) is 4.46. The average molecular weight is 483 g/mol. The average Bonchev–Trinajstić information content (AvgIpc) is 3.40. The van der Waals surface area contributed by atoms with Crippen molar-refractivity contribution in [2.75, 3.05) is 4.90 Å². The summed E-state index contributed by atoms with van der Waals surface area (Å²) in [7, 11) is 0. The van der Waals surface area contributed by atoms with E-state index in [0.29, 0.717) is 27.2 Å². The van der Waals surface area contributed by atoms with Crippen molar-refractivity contribution >= 4 is 50.9 Å². The fourth-order valence-electron chi connectivity index (χ4n) is 2.98. The highest BCUT2D eigenvalue weighted by Gasteiger charge is 2.29. The molecule has 0 atom stereocenters. The smallest absolute Gasteiger partial charge is 0.432 e. The van der Waals surface area contributed by atoms with E-state index in [1.165, 1.54) is 35.5 Å². The highest BCUT2D eigenvalue weighted by molar-refractivity contribution is 7.18. The second-order valence-electron chi connectivity index (χ2n) is 7.98. The summed E-state index contributed by atoms with van der Waals surface area (Å²) in [6.07, 6.45) is 1.90. The van der Waals surface area contributed by atoms with Crippen LogP contribution in [0.5, 0.6) is 0 Å². The molecule has 0 aliphatic carbocycles. The van der Waals surface area contributed by atoms with Crippen LogP contribution in [0.3, 0.4) is 0 Å². The van der Waals surface area contributed by atoms with Gasteiger partial charge in [0.25, 0.3) is 5.69 Å². The van der Waals surface area contributed by atoms with Crippen molar-refractivity contribution in [2.45, 2.75) is 26.4 Å². The summed E-state index contributed by atoms with van der Waals surface area (Å²) in [5, 5.41) is 33.2. The number of rotatable bonds is 4. The first-order valence-corrected chi connectivity index (χ1v) is 10.5. The topological polar surface area (TPSA) is 166 Å². The first-order valence-electron chi connectivity index (χ1n) is 9.71. The molecule has 1 N–H and O–H groups in total. The Kier molecular flexibility index (Phi) is 5.66. The summed E-state index contributed by atoms with van der Waals surface area (Å²) >= 11 is 1.00. The summed E-state index contributed by atoms with van der Waals surface area (Å²) in [5.74, 6) is 0. The molecule has 0 radical (unpaired) electrons. The molecular weight excluding hydrogens is 466 g/mol. The molecule has 13 nitrogen and oxygen atoms in total. The van der Waals surface area contributed by atoms with Crippen molar-refractivity contribution in [3.8, 4) is 10.6 Å². The molecule has 1 aromatic carbocycles. The molecule has 0 saturated heterocycles. The van der Waals surface area contributed by atoms with E-state index < -0.39 is 22.7 Å². The summed E-state index contributed by atoms with van der Waals surface area (Å²) in [5.41, 5.74) is 0.0115. The first kappa shape index (κ1) is 22.7. The Morgan fingerprint density at radius 2 is 1.94 bits per heavy atom. The van der Waals surface area contributed by atoms with Gasteiger partial charge in [-0.05, 0) is 39.0 Å². The summed E-state index contributed by atoms with van der Waals surface area (Å²) in [4.78, 5) is 40.0. The molecule has 174 valence electrons. The number of carboxylic acid groups (broad SMARTS) is 1. The number of hydrogen-bond donors (Lipinski definition) is 1. The molecule has 3 aromatic heterocycles. The molecule has 1 amide bonds. The van der Waals surface area contributed by atoms with Crippen molar-refractivity contribution in [2.24, 2.45) is 0 Å². The van der Waals surface area contributed by atoms with Gasteiger partial charge in [-0.2, -0.15) is 9.78 Å². The number of anilines is 2. The van der Waals surface area contributed by atoms with Crippen LogP contribution >= 0.6 is 11.3 Å². The number of aromatic nitrogens is 5. The monoisotopic (exact) mass is 483 g/mol. The largest absolute Gasteiger partial charge is 0.463 e. The third-order valence-corrected chi connectivity index (χ3v) is 5.31. The normalized spacial score (nSPS) is 11.4. The zero-order chi connectivity index (χ0) is 24.6. The fraction of sp³-hybridized carbons (Fsp3) is 0.200. The van der Waals surface area contributed by atoms with Crippen molar-refractivity contribution in [3.63, 3.8) is 0 Å².